The normalized spacial score (nSPS) is 20.4. The van der Waals surface area contributed by atoms with Gasteiger partial charge in [-0.3, -0.25) is 9.69 Å². The average Bonchev–Trinajstić information content (AvgIpc) is 3.33. The highest BCUT2D eigenvalue weighted by atomic mass is 16.2. The molecular weight excluding hydrogens is 322 g/mol. The summed E-state index contributed by atoms with van der Waals surface area (Å²) in [6.07, 6.45) is 3.10. The molecule has 4 rings (SSSR count). The van der Waals surface area contributed by atoms with Crippen molar-refractivity contribution in [3.8, 4) is 0 Å². The quantitative estimate of drug-likeness (QED) is 0.844. The number of carbonyl (C=O) groups excluding carboxylic acids is 1. The van der Waals surface area contributed by atoms with Crippen molar-refractivity contribution in [2.24, 2.45) is 5.10 Å². The average molecular weight is 347 g/mol. The largest absolute Gasteiger partial charge is 0.287 e. The third kappa shape index (κ3) is 3.42. The summed E-state index contributed by atoms with van der Waals surface area (Å²) >= 11 is 0. The number of benzene rings is 2. The Hall–Kier alpha value is -2.46. The molecule has 4 heteroatoms. The van der Waals surface area contributed by atoms with Crippen LogP contribution < -0.4 is 0 Å². The molecule has 0 N–H and O–H groups in total. The molecule has 2 aliphatic heterocycles. The van der Waals surface area contributed by atoms with Crippen molar-refractivity contribution in [3.05, 3.63) is 71.3 Å². The number of amides is 1. The van der Waals surface area contributed by atoms with E-state index < -0.39 is 0 Å². The molecule has 1 saturated heterocycles. The fraction of sp³-hybridized carbons (Fsp3) is 0.364. The van der Waals surface area contributed by atoms with Crippen LogP contribution in [-0.4, -0.2) is 41.2 Å². The maximum absolute atomic E-state index is 12.8. The van der Waals surface area contributed by atoms with Gasteiger partial charge >= 0.3 is 0 Å². The third-order valence-electron chi connectivity index (χ3n) is 5.45. The fourth-order valence-electron chi connectivity index (χ4n) is 4.05. The number of nitrogens with zero attached hydrogens (tertiary/aromatic N) is 3. The van der Waals surface area contributed by atoms with Gasteiger partial charge in [-0.15, -0.1) is 0 Å². The Morgan fingerprint density at radius 3 is 2.65 bits per heavy atom. The van der Waals surface area contributed by atoms with Gasteiger partial charge in [0.1, 0.15) is 0 Å². The van der Waals surface area contributed by atoms with Crippen molar-refractivity contribution < 1.29 is 4.79 Å². The molecule has 0 radical (unpaired) electrons. The summed E-state index contributed by atoms with van der Waals surface area (Å²) in [7, 11) is 0. The first-order valence-corrected chi connectivity index (χ1v) is 9.45. The van der Waals surface area contributed by atoms with Gasteiger partial charge in [0.05, 0.1) is 18.8 Å². The topological polar surface area (TPSA) is 35.9 Å². The van der Waals surface area contributed by atoms with Gasteiger partial charge in [-0.2, -0.15) is 5.10 Å². The minimum Gasteiger partial charge on any atom is -0.287 e. The molecule has 0 bridgehead atoms. The highest BCUT2D eigenvalue weighted by Crippen LogP contribution is 2.33. The molecule has 4 nitrogen and oxygen atoms in total. The maximum atomic E-state index is 12.8. The van der Waals surface area contributed by atoms with Crippen molar-refractivity contribution in [1.29, 1.82) is 0 Å². The Labute approximate surface area is 155 Å². The van der Waals surface area contributed by atoms with E-state index in [2.05, 4.69) is 53.3 Å². The van der Waals surface area contributed by atoms with Crippen LogP contribution in [0, 0.1) is 6.92 Å². The molecule has 1 fully saturated rings. The van der Waals surface area contributed by atoms with Crippen LogP contribution in [0.2, 0.25) is 0 Å². The Bertz CT molecular complexity index is 815. The Morgan fingerprint density at radius 2 is 1.85 bits per heavy atom. The molecule has 2 aromatic carbocycles. The molecule has 26 heavy (non-hydrogen) atoms. The third-order valence-corrected chi connectivity index (χ3v) is 5.45. The lowest BCUT2D eigenvalue weighted by Crippen LogP contribution is -2.37. The molecule has 1 amide bonds. The van der Waals surface area contributed by atoms with Crippen LogP contribution in [-0.2, 0) is 4.79 Å². The number of hydrogen-bond donors (Lipinski definition) is 0. The number of hydrogen-bond acceptors (Lipinski definition) is 3. The molecular formula is C22H25N3O. The lowest BCUT2D eigenvalue weighted by molar-refractivity contribution is -0.132. The second-order valence-electron chi connectivity index (χ2n) is 7.16. The highest BCUT2D eigenvalue weighted by molar-refractivity contribution is 6.02. The van der Waals surface area contributed by atoms with Gasteiger partial charge in [0.15, 0.2) is 0 Å². The first-order valence-electron chi connectivity index (χ1n) is 9.45. The standard InChI is InChI=1S/C22H25N3O/c1-17-8-5-6-11-19(17)21-12-7-14-24(21)16-22(26)25-15-13-20(23-25)18-9-3-2-4-10-18/h2-6,8-11,21H,7,12-16H2,1H3/t21-/m1/s1. The molecule has 2 aliphatic rings. The Kier molecular flexibility index (Phi) is 4.85. The van der Waals surface area contributed by atoms with E-state index in [1.54, 1.807) is 5.01 Å². The maximum Gasteiger partial charge on any atom is 0.256 e. The molecule has 1 atom stereocenters. The van der Waals surface area contributed by atoms with Gasteiger partial charge in [0.25, 0.3) is 5.91 Å². The lowest BCUT2D eigenvalue weighted by atomic mass is 9.99. The molecule has 2 heterocycles. The fourth-order valence-corrected chi connectivity index (χ4v) is 4.05. The molecule has 0 unspecified atom stereocenters. The van der Waals surface area contributed by atoms with Gasteiger partial charge in [0, 0.05) is 12.5 Å². The molecule has 0 saturated carbocycles. The molecule has 134 valence electrons. The number of rotatable bonds is 4. The second-order valence-corrected chi connectivity index (χ2v) is 7.16. The van der Waals surface area contributed by atoms with Crippen molar-refractivity contribution in [1.82, 2.24) is 9.91 Å². The molecule has 0 aliphatic carbocycles. The first-order chi connectivity index (χ1) is 12.7. The number of aryl methyl sites for hydroxylation is 1. The zero-order chi connectivity index (χ0) is 17.9. The van der Waals surface area contributed by atoms with Gasteiger partial charge in [0.2, 0.25) is 0 Å². The van der Waals surface area contributed by atoms with Crippen molar-refractivity contribution >= 4 is 11.6 Å². The predicted molar refractivity (Wildman–Crippen MR) is 104 cm³/mol. The number of likely N-dealkylation sites (tertiary alicyclic amines) is 1. The minimum absolute atomic E-state index is 0.108. The van der Waals surface area contributed by atoms with Crippen molar-refractivity contribution in [3.63, 3.8) is 0 Å². The van der Waals surface area contributed by atoms with Crippen LogP contribution in [0.1, 0.15) is 42.0 Å². The van der Waals surface area contributed by atoms with E-state index in [0.29, 0.717) is 19.1 Å². The van der Waals surface area contributed by atoms with Crippen LogP contribution in [0.3, 0.4) is 0 Å². The van der Waals surface area contributed by atoms with Gasteiger partial charge in [-0.25, -0.2) is 5.01 Å². The van der Waals surface area contributed by atoms with E-state index in [1.807, 2.05) is 18.2 Å². The van der Waals surface area contributed by atoms with E-state index in [1.165, 1.54) is 11.1 Å². The van der Waals surface area contributed by atoms with Crippen molar-refractivity contribution in [2.75, 3.05) is 19.6 Å². The summed E-state index contributed by atoms with van der Waals surface area (Å²) < 4.78 is 0. The summed E-state index contributed by atoms with van der Waals surface area (Å²) in [5, 5.41) is 6.25. The van der Waals surface area contributed by atoms with E-state index >= 15 is 0 Å². The van der Waals surface area contributed by atoms with Gasteiger partial charge < -0.3 is 0 Å². The van der Waals surface area contributed by atoms with E-state index in [4.69, 9.17) is 0 Å². The monoisotopic (exact) mass is 347 g/mol. The predicted octanol–water partition coefficient (Wildman–Crippen LogP) is 3.77. The van der Waals surface area contributed by atoms with Crippen LogP contribution in [0.4, 0.5) is 0 Å². The van der Waals surface area contributed by atoms with E-state index in [0.717, 1.165) is 37.1 Å². The van der Waals surface area contributed by atoms with Crippen LogP contribution in [0.5, 0.6) is 0 Å². The van der Waals surface area contributed by atoms with E-state index in [9.17, 15) is 4.79 Å². The Morgan fingerprint density at radius 1 is 1.08 bits per heavy atom. The SMILES string of the molecule is Cc1ccccc1[C@H]1CCCN1CC(=O)N1CCC(c2ccccc2)=N1. The lowest BCUT2D eigenvalue weighted by Gasteiger charge is -2.26. The van der Waals surface area contributed by atoms with Crippen LogP contribution >= 0.6 is 0 Å². The minimum atomic E-state index is 0.108. The summed E-state index contributed by atoms with van der Waals surface area (Å²) in [4.78, 5) is 15.1. The zero-order valence-corrected chi connectivity index (χ0v) is 15.3. The number of hydrazone groups is 1. The molecule has 2 aromatic rings. The first kappa shape index (κ1) is 17.0. The molecule has 0 spiro atoms. The van der Waals surface area contributed by atoms with Gasteiger partial charge in [-0.05, 0) is 43.0 Å². The summed E-state index contributed by atoms with van der Waals surface area (Å²) in [6, 6.07) is 19.0. The summed E-state index contributed by atoms with van der Waals surface area (Å²) in [6.45, 7) is 4.27. The summed E-state index contributed by atoms with van der Waals surface area (Å²) in [5.74, 6) is 0.108. The molecule has 0 aromatic heterocycles. The second kappa shape index (κ2) is 7.42. The van der Waals surface area contributed by atoms with Crippen LogP contribution in [0.15, 0.2) is 59.7 Å². The Balaban J connectivity index is 1.45. The van der Waals surface area contributed by atoms with Crippen LogP contribution in [0.25, 0.3) is 0 Å². The highest BCUT2D eigenvalue weighted by Gasteiger charge is 2.31. The van der Waals surface area contributed by atoms with Gasteiger partial charge in [-0.1, -0.05) is 54.6 Å². The zero-order valence-electron chi connectivity index (χ0n) is 15.3. The number of carbonyl (C=O) groups is 1. The van der Waals surface area contributed by atoms with Crippen molar-refractivity contribution in [2.45, 2.75) is 32.2 Å². The van der Waals surface area contributed by atoms with E-state index in [-0.39, 0.29) is 5.91 Å². The summed E-state index contributed by atoms with van der Waals surface area (Å²) in [5.41, 5.74) is 4.78. The smallest absolute Gasteiger partial charge is 0.256 e.